The lowest BCUT2D eigenvalue weighted by Crippen LogP contribution is -2.18. The maximum Gasteiger partial charge on any atom is 0.339 e. The number of carbonyl (C=O) groups excluding carboxylic acids is 1. The normalized spacial score (nSPS) is 11.0. The van der Waals surface area contributed by atoms with Crippen LogP contribution in [0.1, 0.15) is 34.1 Å². The summed E-state index contributed by atoms with van der Waals surface area (Å²) in [4.78, 5) is 22.5. The highest BCUT2D eigenvalue weighted by atomic mass is 16.5. The number of H-pyrrole nitrogens is 1. The fraction of sp³-hybridized carbons (Fsp3) is 0.150. The largest absolute Gasteiger partial charge is 0.495 e. The van der Waals surface area contributed by atoms with Crippen LogP contribution in [0.15, 0.2) is 36.4 Å². The van der Waals surface area contributed by atoms with E-state index in [1.54, 1.807) is 12.1 Å². The lowest BCUT2D eigenvalue weighted by atomic mass is 10.1. The number of carbonyl (C=O) groups is 2. The summed E-state index contributed by atoms with van der Waals surface area (Å²) in [6.45, 7) is 1.93. The highest BCUT2D eigenvalue weighted by molar-refractivity contribution is 6.02. The number of benzene rings is 2. The molecule has 0 saturated carbocycles. The number of ether oxygens (including phenoxy) is 1. The summed E-state index contributed by atoms with van der Waals surface area (Å²) < 4.78 is 5.33. The van der Waals surface area contributed by atoms with E-state index >= 15 is 0 Å². The number of aromatic nitrogens is 2. The maximum absolute atomic E-state index is 11.4. The Kier molecular flexibility index (Phi) is 5.21. The number of aromatic amines is 1. The van der Waals surface area contributed by atoms with Gasteiger partial charge in [-0.2, -0.15) is 5.10 Å². The molecule has 0 spiro atoms. The zero-order valence-corrected chi connectivity index (χ0v) is 14.9. The fourth-order valence-corrected chi connectivity index (χ4v) is 2.82. The third kappa shape index (κ3) is 3.98. The molecule has 0 atom stereocenters. The number of aromatic carboxylic acids is 1. The van der Waals surface area contributed by atoms with Crippen molar-refractivity contribution in [2.45, 2.75) is 13.5 Å². The molecule has 3 rings (SSSR count). The Labute approximate surface area is 155 Å². The summed E-state index contributed by atoms with van der Waals surface area (Å²) in [7, 11) is 1.44. The average molecular weight is 365 g/mol. The van der Waals surface area contributed by atoms with Crippen LogP contribution in [0.4, 0.5) is 0 Å². The lowest BCUT2D eigenvalue weighted by molar-refractivity contribution is -0.119. The van der Waals surface area contributed by atoms with Crippen molar-refractivity contribution in [1.29, 1.82) is 0 Å². The molecule has 0 radical (unpaired) electrons. The van der Waals surface area contributed by atoms with Gasteiger partial charge in [-0.15, -0.1) is 0 Å². The molecule has 0 bridgehead atoms. The zero-order valence-electron chi connectivity index (χ0n) is 14.9. The Morgan fingerprint density at radius 3 is 2.78 bits per heavy atom. The average Bonchev–Trinajstić information content (AvgIpc) is 3.07. The van der Waals surface area contributed by atoms with Crippen molar-refractivity contribution in [2.24, 2.45) is 0 Å². The molecular formula is C20H19N3O4. The number of nitrogens with one attached hydrogen (secondary N) is 2. The first-order valence-electron chi connectivity index (χ1n) is 8.29. The molecule has 0 aliphatic rings. The Bertz CT molecular complexity index is 1040. The van der Waals surface area contributed by atoms with Crippen molar-refractivity contribution in [3.05, 3.63) is 58.8 Å². The smallest absolute Gasteiger partial charge is 0.339 e. The summed E-state index contributed by atoms with van der Waals surface area (Å²) >= 11 is 0. The molecule has 138 valence electrons. The van der Waals surface area contributed by atoms with E-state index in [0.29, 0.717) is 23.1 Å². The molecule has 3 aromatic rings. The molecule has 7 heteroatoms. The van der Waals surface area contributed by atoms with Gasteiger partial charge in [0.05, 0.1) is 23.7 Å². The first-order valence-corrected chi connectivity index (χ1v) is 8.29. The van der Waals surface area contributed by atoms with E-state index in [4.69, 9.17) is 4.74 Å². The summed E-state index contributed by atoms with van der Waals surface area (Å²) in [5, 5.41) is 19.9. The molecule has 0 fully saturated rings. The monoisotopic (exact) mass is 365 g/mol. The molecule has 1 aromatic heterocycles. The second-order valence-electron chi connectivity index (χ2n) is 5.97. The highest BCUT2D eigenvalue weighted by Crippen LogP contribution is 2.32. The van der Waals surface area contributed by atoms with E-state index in [9.17, 15) is 14.7 Å². The minimum absolute atomic E-state index is 0.0818. The first kappa shape index (κ1) is 18.2. The quantitative estimate of drug-likeness (QED) is 0.623. The van der Waals surface area contributed by atoms with Crippen LogP contribution in [-0.4, -0.2) is 34.3 Å². The summed E-state index contributed by atoms with van der Waals surface area (Å²) in [5.74, 6) is -0.872. The summed E-state index contributed by atoms with van der Waals surface area (Å²) in [6, 6.07) is 10.9. The van der Waals surface area contributed by atoms with Gasteiger partial charge in [0.25, 0.3) is 0 Å². The number of fused-ring (bicyclic) bond motifs is 1. The Hall–Kier alpha value is -3.61. The Morgan fingerprint density at radius 2 is 2.07 bits per heavy atom. The molecule has 0 saturated heterocycles. The summed E-state index contributed by atoms with van der Waals surface area (Å²) in [5.41, 5.74) is 3.26. The molecule has 27 heavy (non-hydrogen) atoms. The molecule has 2 aromatic carbocycles. The number of nitrogens with zero attached hydrogens (tertiary/aromatic N) is 1. The fourth-order valence-electron chi connectivity index (χ4n) is 2.82. The van der Waals surface area contributed by atoms with Gasteiger partial charge in [0.2, 0.25) is 5.91 Å². The minimum atomic E-state index is -1.06. The zero-order chi connectivity index (χ0) is 19.4. The highest BCUT2D eigenvalue weighted by Gasteiger charge is 2.17. The van der Waals surface area contributed by atoms with Crippen LogP contribution in [-0.2, 0) is 11.3 Å². The first-order chi connectivity index (χ1) is 13.0. The van der Waals surface area contributed by atoms with Gasteiger partial charge in [-0.05, 0) is 35.4 Å². The van der Waals surface area contributed by atoms with Crippen molar-refractivity contribution < 1.29 is 19.4 Å². The topological polar surface area (TPSA) is 104 Å². The number of carboxylic acids is 1. The number of methoxy groups -OCH3 is 1. The Morgan fingerprint density at radius 1 is 1.26 bits per heavy atom. The van der Waals surface area contributed by atoms with Gasteiger partial charge < -0.3 is 15.2 Å². The Balaban J connectivity index is 1.95. The van der Waals surface area contributed by atoms with Crippen LogP contribution in [0.25, 0.3) is 23.1 Å². The van der Waals surface area contributed by atoms with Gasteiger partial charge in [-0.1, -0.05) is 24.3 Å². The number of hydrogen-bond acceptors (Lipinski definition) is 4. The van der Waals surface area contributed by atoms with Gasteiger partial charge >= 0.3 is 5.97 Å². The maximum atomic E-state index is 11.4. The number of rotatable bonds is 6. The van der Waals surface area contributed by atoms with E-state index in [1.165, 1.54) is 20.1 Å². The van der Waals surface area contributed by atoms with Crippen molar-refractivity contribution in [3.8, 4) is 5.75 Å². The van der Waals surface area contributed by atoms with Crippen LogP contribution >= 0.6 is 0 Å². The van der Waals surface area contributed by atoms with Crippen LogP contribution in [0.5, 0.6) is 5.75 Å². The van der Waals surface area contributed by atoms with Crippen LogP contribution in [0, 0.1) is 0 Å². The van der Waals surface area contributed by atoms with Crippen molar-refractivity contribution in [2.75, 3.05) is 7.11 Å². The third-order valence-corrected chi connectivity index (χ3v) is 4.07. The van der Waals surface area contributed by atoms with E-state index < -0.39 is 5.97 Å². The molecule has 1 amide bonds. The van der Waals surface area contributed by atoms with Crippen LogP contribution in [0.2, 0.25) is 0 Å². The van der Waals surface area contributed by atoms with Gasteiger partial charge in [0.1, 0.15) is 11.3 Å². The van der Waals surface area contributed by atoms with E-state index in [-0.39, 0.29) is 17.2 Å². The van der Waals surface area contributed by atoms with Crippen LogP contribution < -0.4 is 10.1 Å². The van der Waals surface area contributed by atoms with Gasteiger partial charge in [0, 0.05) is 13.5 Å². The van der Waals surface area contributed by atoms with E-state index in [2.05, 4.69) is 15.5 Å². The molecule has 7 nitrogen and oxygen atoms in total. The van der Waals surface area contributed by atoms with Gasteiger partial charge in [0.15, 0.2) is 0 Å². The summed E-state index contributed by atoms with van der Waals surface area (Å²) in [6.07, 6.45) is 3.67. The SMILES string of the molecule is COc1c(C(=O)O)ccc2[nH]nc(C=Cc3cccc(CNC(C)=O)c3)c12. The van der Waals surface area contributed by atoms with Gasteiger partial charge in [-0.3, -0.25) is 9.89 Å². The van der Waals surface area contributed by atoms with Crippen LogP contribution in [0.3, 0.4) is 0 Å². The number of hydrogen-bond donors (Lipinski definition) is 3. The standard InChI is InChI=1S/C20H19N3O4/c1-12(24)21-11-14-5-3-4-13(10-14)6-8-16-18-17(23-22-16)9-7-15(20(25)26)19(18)27-2/h3-10H,11H2,1-2H3,(H,21,24)(H,22,23)(H,25,26). The molecule has 3 N–H and O–H groups in total. The molecule has 0 aliphatic carbocycles. The minimum Gasteiger partial charge on any atom is -0.495 e. The molecule has 0 aliphatic heterocycles. The van der Waals surface area contributed by atoms with E-state index in [0.717, 1.165) is 11.1 Å². The van der Waals surface area contributed by atoms with E-state index in [1.807, 2.05) is 30.3 Å². The second-order valence-corrected chi connectivity index (χ2v) is 5.97. The predicted octanol–water partition coefficient (Wildman–Crippen LogP) is 3.08. The lowest BCUT2D eigenvalue weighted by Gasteiger charge is -2.06. The molecule has 1 heterocycles. The molecular weight excluding hydrogens is 346 g/mol. The predicted molar refractivity (Wildman–Crippen MR) is 102 cm³/mol. The second kappa shape index (κ2) is 7.74. The van der Waals surface area contributed by atoms with Crippen molar-refractivity contribution in [1.82, 2.24) is 15.5 Å². The molecule has 0 unspecified atom stereocenters. The van der Waals surface area contributed by atoms with Gasteiger partial charge in [-0.25, -0.2) is 4.79 Å². The third-order valence-electron chi connectivity index (χ3n) is 4.07. The number of carboxylic acid groups (broad SMARTS) is 1. The van der Waals surface area contributed by atoms with Crippen molar-refractivity contribution >= 4 is 34.9 Å². The number of amides is 1. The van der Waals surface area contributed by atoms with Crippen molar-refractivity contribution in [3.63, 3.8) is 0 Å².